The molecule has 2 aromatic heterocycles. The van der Waals surface area contributed by atoms with E-state index in [0.717, 1.165) is 4.88 Å². The molecule has 0 saturated heterocycles. The summed E-state index contributed by atoms with van der Waals surface area (Å²) in [6.45, 7) is 0.621. The summed E-state index contributed by atoms with van der Waals surface area (Å²) >= 11 is 1.54. The van der Waals surface area contributed by atoms with Gasteiger partial charge in [0.05, 0.1) is 17.0 Å². The molecule has 0 fully saturated rings. The molecule has 0 amide bonds. The van der Waals surface area contributed by atoms with Crippen LogP contribution in [0.3, 0.4) is 0 Å². The van der Waals surface area contributed by atoms with E-state index in [0.29, 0.717) is 12.4 Å². The van der Waals surface area contributed by atoms with Gasteiger partial charge in [0.15, 0.2) is 0 Å². The van der Waals surface area contributed by atoms with E-state index in [-0.39, 0.29) is 5.69 Å². The maximum absolute atomic E-state index is 10.4. The van der Waals surface area contributed by atoms with E-state index in [4.69, 9.17) is 0 Å². The average Bonchev–Trinajstić information content (AvgIpc) is 2.80. The number of hydrogen-bond acceptors (Lipinski definition) is 6. The van der Waals surface area contributed by atoms with Crippen LogP contribution in [-0.4, -0.2) is 14.9 Å². The van der Waals surface area contributed by atoms with Crippen LogP contribution in [0.25, 0.3) is 0 Å². The van der Waals surface area contributed by atoms with E-state index in [1.54, 1.807) is 29.1 Å². The van der Waals surface area contributed by atoms with E-state index in [1.807, 2.05) is 0 Å². The number of rotatable bonds is 4. The Kier molecular flexibility index (Phi) is 3.06. The molecule has 0 spiro atoms. The van der Waals surface area contributed by atoms with Crippen LogP contribution in [0, 0.1) is 10.1 Å². The van der Waals surface area contributed by atoms with Gasteiger partial charge in [0.1, 0.15) is 12.0 Å². The van der Waals surface area contributed by atoms with E-state index >= 15 is 0 Å². The molecule has 6 nitrogen and oxygen atoms in total. The highest BCUT2D eigenvalue weighted by Crippen LogP contribution is 2.13. The predicted molar refractivity (Wildman–Crippen MR) is 60.3 cm³/mol. The Bertz CT molecular complexity index is 469. The van der Waals surface area contributed by atoms with Crippen molar-refractivity contribution in [1.29, 1.82) is 0 Å². The smallest absolute Gasteiger partial charge is 0.287 e. The number of aromatic nitrogens is 2. The van der Waals surface area contributed by atoms with Gasteiger partial charge in [0, 0.05) is 17.1 Å². The second-order valence-electron chi connectivity index (χ2n) is 2.98. The highest BCUT2D eigenvalue weighted by molar-refractivity contribution is 7.09. The van der Waals surface area contributed by atoms with Crippen LogP contribution < -0.4 is 5.32 Å². The molecule has 0 unspecified atom stereocenters. The molecule has 2 aromatic rings. The molecular weight excluding hydrogens is 228 g/mol. The first kappa shape index (κ1) is 10.5. The first-order valence-electron chi connectivity index (χ1n) is 4.47. The number of hydrogen-bond donors (Lipinski definition) is 1. The fourth-order valence-corrected chi connectivity index (χ4v) is 1.64. The van der Waals surface area contributed by atoms with Crippen LogP contribution in [0.2, 0.25) is 0 Å². The summed E-state index contributed by atoms with van der Waals surface area (Å²) < 4.78 is 0. The van der Waals surface area contributed by atoms with Gasteiger partial charge in [-0.05, 0) is 6.07 Å². The molecule has 0 atom stereocenters. The third-order valence-electron chi connectivity index (χ3n) is 1.89. The van der Waals surface area contributed by atoms with Crippen molar-refractivity contribution in [3.05, 3.63) is 45.0 Å². The first-order valence-corrected chi connectivity index (χ1v) is 5.35. The highest BCUT2D eigenvalue weighted by Gasteiger charge is 2.04. The van der Waals surface area contributed by atoms with Crippen molar-refractivity contribution >= 4 is 22.8 Å². The van der Waals surface area contributed by atoms with Crippen molar-refractivity contribution in [2.24, 2.45) is 0 Å². The zero-order valence-electron chi connectivity index (χ0n) is 8.16. The fourth-order valence-electron chi connectivity index (χ4n) is 1.11. The monoisotopic (exact) mass is 236 g/mol. The van der Waals surface area contributed by atoms with Gasteiger partial charge >= 0.3 is 0 Å². The number of anilines is 1. The predicted octanol–water partition coefficient (Wildman–Crippen LogP) is 2.06. The third-order valence-corrected chi connectivity index (χ3v) is 2.67. The van der Waals surface area contributed by atoms with Crippen molar-refractivity contribution in [1.82, 2.24) is 9.97 Å². The number of thiazole rings is 1. The van der Waals surface area contributed by atoms with Gasteiger partial charge in [-0.1, -0.05) is 0 Å². The van der Waals surface area contributed by atoms with E-state index in [9.17, 15) is 10.1 Å². The maximum atomic E-state index is 10.4. The molecule has 7 heteroatoms. The lowest BCUT2D eigenvalue weighted by Crippen LogP contribution is -2.00. The van der Waals surface area contributed by atoms with Crippen LogP contribution in [-0.2, 0) is 6.54 Å². The zero-order valence-corrected chi connectivity index (χ0v) is 8.98. The molecule has 0 aliphatic rings. The molecule has 16 heavy (non-hydrogen) atoms. The normalized spacial score (nSPS) is 10.0. The Morgan fingerprint density at radius 1 is 1.44 bits per heavy atom. The molecule has 0 bridgehead atoms. The topological polar surface area (TPSA) is 81.0 Å². The summed E-state index contributed by atoms with van der Waals surface area (Å²) in [7, 11) is 0. The van der Waals surface area contributed by atoms with Gasteiger partial charge < -0.3 is 5.32 Å². The second-order valence-corrected chi connectivity index (χ2v) is 3.95. The molecule has 2 rings (SSSR count). The second kappa shape index (κ2) is 4.67. The summed E-state index contributed by atoms with van der Waals surface area (Å²) in [5, 5.41) is 13.4. The van der Waals surface area contributed by atoms with Crippen molar-refractivity contribution in [3.63, 3.8) is 0 Å². The SMILES string of the molecule is O=[N+]([O-])c1ccc(NCc2cncs2)nc1. The highest BCUT2D eigenvalue weighted by atomic mass is 32.1. The van der Waals surface area contributed by atoms with Crippen LogP contribution in [0.1, 0.15) is 4.88 Å². The van der Waals surface area contributed by atoms with E-state index in [1.165, 1.54) is 12.3 Å². The van der Waals surface area contributed by atoms with Crippen LogP contribution in [0.5, 0.6) is 0 Å². The van der Waals surface area contributed by atoms with Crippen molar-refractivity contribution in [2.75, 3.05) is 5.32 Å². The minimum absolute atomic E-state index is 0.0108. The Morgan fingerprint density at radius 3 is 2.88 bits per heavy atom. The molecule has 82 valence electrons. The largest absolute Gasteiger partial charge is 0.365 e. The van der Waals surface area contributed by atoms with Crippen molar-refractivity contribution in [3.8, 4) is 0 Å². The summed E-state index contributed by atoms with van der Waals surface area (Å²) in [6, 6.07) is 3.00. The van der Waals surface area contributed by atoms with E-state index in [2.05, 4.69) is 15.3 Å². The molecule has 0 aliphatic heterocycles. The number of nitro groups is 1. The summed E-state index contributed by atoms with van der Waals surface area (Å²) in [5.41, 5.74) is 1.74. The van der Waals surface area contributed by atoms with Gasteiger partial charge in [0.25, 0.3) is 5.69 Å². The lowest BCUT2D eigenvalue weighted by atomic mass is 10.4. The first-order chi connectivity index (χ1) is 7.75. The average molecular weight is 236 g/mol. The third kappa shape index (κ3) is 2.51. The molecule has 0 aromatic carbocycles. The summed E-state index contributed by atoms with van der Waals surface area (Å²) in [5.74, 6) is 0.610. The Balaban J connectivity index is 1.98. The molecular formula is C9H8N4O2S. The van der Waals surface area contributed by atoms with Gasteiger partial charge in [-0.2, -0.15) is 0 Å². The number of nitrogens with zero attached hydrogens (tertiary/aromatic N) is 3. The lowest BCUT2D eigenvalue weighted by molar-refractivity contribution is -0.385. The van der Waals surface area contributed by atoms with Gasteiger partial charge in [-0.25, -0.2) is 4.98 Å². The molecule has 0 radical (unpaired) electrons. The molecule has 0 saturated carbocycles. The van der Waals surface area contributed by atoms with Crippen LogP contribution >= 0.6 is 11.3 Å². The molecule has 1 N–H and O–H groups in total. The summed E-state index contributed by atoms with van der Waals surface area (Å²) in [6.07, 6.45) is 3.00. The Labute approximate surface area is 95.1 Å². The molecule has 2 heterocycles. The standard InChI is InChI=1S/C9H8N4O2S/c14-13(15)7-1-2-9(11-3-7)12-5-8-4-10-6-16-8/h1-4,6H,5H2,(H,11,12). The minimum Gasteiger partial charge on any atom is -0.365 e. The minimum atomic E-state index is -0.472. The van der Waals surface area contributed by atoms with Gasteiger partial charge in [-0.15, -0.1) is 11.3 Å². The zero-order chi connectivity index (χ0) is 11.4. The number of pyridine rings is 1. The van der Waals surface area contributed by atoms with Crippen molar-refractivity contribution < 1.29 is 4.92 Å². The van der Waals surface area contributed by atoms with Gasteiger partial charge in [-0.3, -0.25) is 15.1 Å². The van der Waals surface area contributed by atoms with Crippen LogP contribution in [0.15, 0.2) is 30.0 Å². The van der Waals surface area contributed by atoms with Crippen LogP contribution in [0.4, 0.5) is 11.5 Å². The fraction of sp³-hybridized carbons (Fsp3) is 0.111. The van der Waals surface area contributed by atoms with Gasteiger partial charge in [0.2, 0.25) is 0 Å². The lowest BCUT2D eigenvalue weighted by Gasteiger charge is -2.02. The maximum Gasteiger partial charge on any atom is 0.287 e. The van der Waals surface area contributed by atoms with Crippen molar-refractivity contribution in [2.45, 2.75) is 6.54 Å². The Morgan fingerprint density at radius 2 is 2.31 bits per heavy atom. The molecule has 0 aliphatic carbocycles. The number of nitrogens with one attached hydrogen (secondary N) is 1. The Hall–Kier alpha value is -2.02. The van der Waals surface area contributed by atoms with E-state index < -0.39 is 4.92 Å². The quantitative estimate of drug-likeness (QED) is 0.649. The summed E-state index contributed by atoms with van der Waals surface area (Å²) in [4.78, 5) is 18.9.